The first-order chi connectivity index (χ1) is 5.25. The van der Waals surface area contributed by atoms with Crippen LogP contribution in [0.15, 0.2) is 24.3 Å². The molecular weight excluding hydrogens is 152 g/mol. The highest BCUT2D eigenvalue weighted by molar-refractivity contribution is 5.77. The van der Waals surface area contributed by atoms with E-state index in [4.69, 9.17) is 0 Å². The third-order valence-corrected chi connectivity index (χ3v) is 1.74. The Labute approximate surface area is 72.5 Å². The van der Waals surface area contributed by atoms with Crippen LogP contribution in [0.5, 0.6) is 0 Å². The zero-order chi connectivity index (χ0) is 8.27. The van der Waals surface area contributed by atoms with Crippen molar-refractivity contribution in [3.8, 4) is 0 Å². The Morgan fingerprint density at radius 2 is 1.83 bits per heavy atom. The molecule has 0 unspecified atom stereocenters. The van der Waals surface area contributed by atoms with Gasteiger partial charge in [0.25, 0.3) is 0 Å². The highest BCUT2D eigenvalue weighted by Gasteiger charge is 2.02. The van der Waals surface area contributed by atoms with Crippen LogP contribution in [0.2, 0.25) is 0 Å². The Hall–Kier alpha value is -1.15. The standard InChI is InChI=1S/C10H12O.H2O/c1-8(2)10-6-4-3-5-9(10)7-11;/h3-8H,1-2H3;1H2. The van der Waals surface area contributed by atoms with Crippen molar-refractivity contribution in [2.75, 3.05) is 0 Å². The van der Waals surface area contributed by atoms with Gasteiger partial charge in [-0.2, -0.15) is 0 Å². The van der Waals surface area contributed by atoms with Gasteiger partial charge in [-0.25, -0.2) is 0 Å². The maximum absolute atomic E-state index is 10.5. The van der Waals surface area contributed by atoms with Crippen molar-refractivity contribution in [3.05, 3.63) is 35.4 Å². The number of hydrogen-bond acceptors (Lipinski definition) is 1. The molecule has 1 rings (SSSR count). The maximum Gasteiger partial charge on any atom is 0.150 e. The van der Waals surface area contributed by atoms with E-state index in [0.717, 1.165) is 17.4 Å². The quantitative estimate of drug-likeness (QED) is 0.618. The predicted molar refractivity (Wildman–Crippen MR) is 49.5 cm³/mol. The van der Waals surface area contributed by atoms with E-state index in [-0.39, 0.29) is 5.48 Å². The fourth-order valence-corrected chi connectivity index (χ4v) is 1.14. The number of aldehydes is 1. The van der Waals surface area contributed by atoms with Gasteiger partial charge in [0, 0.05) is 5.56 Å². The first kappa shape index (κ1) is 10.8. The van der Waals surface area contributed by atoms with E-state index in [9.17, 15) is 4.79 Å². The normalized spacial score (nSPS) is 9.25. The Balaban J connectivity index is 0.00000121. The average molecular weight is 166 g/mol. The molecule has 0 amide bonds. The van der Waals surface area contributed by atoms with Crippen LogP contribution in [-0.4, -0.2) is 11.8 Å². The summed E-state index contributed by atoms with van der Waals surface area (Å²) in [5, 5.41) is 0. The van der Waals surface area contributed by atoms with Gasteiger partial charge >= 0.3 is 0 Å². The van der Waals surface area contributed by atoms with E-state index >= 15 is 0 Å². The SMILES string of the molecule is CC(C)c1ccccc1C=O.O. The molecule has 0 bridgehead atoms. The van der Waals surface area contributed by atoms with Crippen molar-refractivity contribution in [2.24, 2.45) is 0 Å². The summed E-state index contributed by atoms with van der Waals surface area (Å²) in [6.45, 7) is 4.17. The largest absolute Gasteiger partial charge is 0.412 e. The number of benzene rings is 1. The molecule has 0 fully saturated rings. The third-order valence-electron chi connectivity index (χ3n) is 1.74. The molecule has 0 atom stereocenters. The van der Waals surface area contributed by atoms with Crippen molar-refractivity contribution >= 4 is 6.29 Å². The molecule has 66 valence electrons. The lowest BCUT2D eigenvalue weighted by Crippen LogP contribution is -1.93. The van der Waals surface area contributed by atoms with Crippen LogP contribution >= 0.6 is 0 Å². The summed E-state index contributed by atoms with van der Waals surface area (Å²) in [5.41, 5.74) is 1.94. The van der Waals surface area contributed by atoms with E-state index in [1.165, 1.54) is 0 Å². The third kappa shape index (κ3) is 2.17. The Bertz CT molecular complexity index is 254. The van der Waals surface area contributed by atoms with Crippen LogP contribution < -0.4 is 0 Å². The smallest absolute Gasteiger partial charge is 0.150 e. The molecule has 0 aliphatic carbocycles. The fourth-order valence-electron chi connectivity index (χ4n) is 1.14. The van der Waals surface area contributed by atoms with E-state index in [2.05, 4.69) is 13.8 Å². The van der Waals surface area contributed by atoms with Crippen molar-refractivity contribution in [2.45, 2.75) is 19.8 Å². The van der Waals surface area contributed by atoms with E-state index < -0.39 is 0 Å². The summed E-state index contributed by atoms with van der Waals surface area (Å²) < 4.78 is 0. The summed E-state index contributed by atoms with van der Waals surface area (Å²) >= 11 is 0. The molecular formula is C10H14O2. The van der Waals surface area contributed by atoms with Crippen LogP contribution in [-0.2, 0) is 0 Å². The van der Waals surface area contributed by atoms with Crippen molar-refractivity contribution in [1.29, 1.82) is 0 Å². The van der Waals surface area contributed by atoms with Crippen LogP contribution in [0, 0.1) is 0 Å². The summed E-state index contributed by atoms with van der Waals surface area (Å²) in [6, 6.07) is 7.69. The molecule has 0 aliphatic rings. The Morgan fingerprint density at radius 3 is 2.25 bits per heavy atom. The molecule has 12 heavy (non-hydrogen) atoms. The lowest BCUT2D eigenvalue weighted by molar-refractivity contribution is 0.112. The number of hydrogen-bond donors (Lipinski definition) is 0. The second-order valence-electron chi connectivity index (χ2n) is 2.90. The summed E-state index contributed by atoms with van der Waals surface area (Å²) in [7, 11) is 0. The zero-order valence-corrected chi connectivity index (χ0v) is 7.37. The fraction of sp³-hybridized carbons (Fsp3) is 0.300. The Kier molecular flexibility index (Phi) is 4.22. The summed E-state index contributed by atoms with van der Waals surface area (Å²) in [5.74, 6) is 0.427. The minimum absolute atomic E-state index is 0. The Morgan fingerprint density at radius 1 is 1.25 bits per heavy atom. The highest BCUT2D eigenvalue weighted by atomic mass is 16.1. The molecule has 2 N–H and O–H groups in total. The number of carbonyl (C=O) groups is 1. The second-order valence-corrected chi connectivity index (χ2v) is 2.90. The lowest BCUT2D eigenvalue weighted by atomic mass is 9.98. The van der Waals surface area contributed by atoms with Gasteiger partial charge in [-0.1, -0.05) is 38.1 Å². The molecule has 0 radical (unpaired) electrons. The molecule has 0 saturated carbocycles. The van der Waals surface area contributed by atoms with Gasteiger partial charge in [0.15, 0.2) is 0 Å². The second kappa shape index (κ2) is 4.67. The minimum Gasteiger partial charge on any atom is -0.412 e. The van der Waals surface area contributed by atoms with Gasteiger partial charge in [-0.05, 0) is 11.5 Å². The predicted octanol–water partition coefficient (Wildman–Crippen LogP) is 1.80. The van der Waals surface area contributed by atoms with Gasteiger partial charge in [0.1, 0.15) is 6.29 Å². The van der Waals surface area contributed by atoms with Crippen molar-refractivity contribution < 1.29 is 10.3 Å². The maximum atomic E-state index is 10.5. The lowest BCUT2D eigenvalue weighted by Gasteiger charge is -2.06. The zero-order valence-electron chi connectivity index (χ0n) is 7.37. The molecule has 0 spiro atoms. The van der Waals surface area contributed by atoms with Crippen molar-refractivity contribution in [1.82, 2.24) is 0 Å². The molecule has 1 aromatic rings. The molecule has 0 aromatic heterocycles. The van der Waals surface area contributed by atoms with Gasteiger partial charge in [-0.15, -0.1) is 0 Å². The first-order valence-electron chi connectivity index (χ1n) is 3.80. The molecule has 0 heterocycles. The monoisotopic (exact) mass is 166 g/mol. The summed E-state index contributed by atoms with van der Waals surface area (Å²) in [6.07, 6.45) is 0.912. The van der Waals surface area contributed by atoms with Gasteiger partial charge in [0.05, 0.1) is 0 Å². The van der Waals surface area contributed by atoms with Crippen molar-refractivity contribution in [3.63, 3.8) is 0 Å². The minimum atomic E-state index is 0. The van der Waals surface area contributed by atoms with Gasteiger partial charge in [-0.3, -0.25) is 4.79 Å². The van der Waals surface area contributed by atoms with E-state index in [0.29, 0.717) is 5.92 Å². The molecule has 2 nitrogen and oxygen atoms in total. The molecule has 0 saturated heterocycles. The van der Waals surface area contributed by atoms with Crippen LogP contribution in [0.4, 0.5) is 0 Å². The first-order valence-corrected chi connectivity index (χ1v) is 3.80. The molecule has 0 aliphatic heterocycles. The van der Waals surface area contributed by atoms with E-state index in [1.807, 2.05) is 24.3 Å². The van der Waals surface area contributed by atoms with E-state index in [1.54, 1.807) is 0 Å². The summed E-state index contributed by atoms with van der Waals surface area (Å²) in [4.78, 5) is 10.5. The number of carbonyl (C=O) groups excluding carboxylic acids is 1. The highest BCUT2D eigenvalue weighted by Crippen LogP contribution is 2.16. The van der Waals surface area contributed by atoms with Gasteiger partial charge < -0.3 is 5.48 Å². The topological polar surface area (TPSA) is 48.6 Å². The van der Waals surface area contributed by atoms with Gasteiger partial charge in [0.2, 0.25) is 0 Å². The molecule has 2 heteroatoms. The van der Waals surface area contributed by atoms with Crippen LogP contribution in [0.3, 0.4) is 0 Å². The molecule has 1 aromatic carbocycles. The van der Waals surface area contributed by atoms with Crippen LogP contribution in [0.1, 0.15) is 35.7 Å². The number of rotatable bonds is 2. The van der Waals surface area contributed by atoms with Crippen LogP contribution in [0.25, 0.3) is 0 Å². The average Bonchev–Trinajstić information content (AvgIpc) is 2.04.